The van der Waals surface area contributed by atoms with Gasteiger partial charge in [0.2, 0.25) is 0 Å². The van der Waals surface area contributed by atoms with E-state index in [-0.39, 0.29) is 6.04 Å². The summed E-state index contributed by atoms with van der Waals surface area (Å²) in [7, 11) is 0. The smallest absolute Gasteiger partial charge is 0.0897 e. The molecule has 0 bridgehead atoms. The second kappa shape index (κ2) is 7.25. The molecule has 2 atom stereocenters. The van der Waals surface area contributed by atoms with Crippen molar-refractivity contribution in [3.63, 3.8) is 0 Å². The lowest BCUT2D eigenvalue weighted by molar-refractivity contribution is 0.0315. The van der Waals surface area contributed by atoms with Gasteiger partial charge >= 0.3 is 0 Å². The molecule has 1 saturated carbocycles. The monoisotopic (exact) mass is 283 g/mol. The Morgan fingerprint density at radius 2 is 2.26 bits per heavy atom. The fourth-order valence-electron chi connectivity index (χ4n) is 1.92. The largest absolute Gasteiger partial charge is 0.389 e. The predicted molar refractivity (Wildman–Crippen MR) is 77.4 cm³/mol. The minimum Gasteiger partial charge on any atom is -0.389 e. The molecule has 0 aliphatic heterocycles. The number of hydrogen-bond acceptors (Lipinski definition) is 3. The molecule has 0 radical (unpaired) electrons. The second-order valence-corrected chi connectivity index (χ2v) is 5.76. The summed E-state index contributed by atoms with van der Waals surface area (Å²) in [5.74, 6) is 0.741. The molecule has 3 nitrogen and oxygen atoms in total. The molecule has 2 unspecified atom stereocenters. The molecule has 1 aliphatic rings. The van der Waals surface area contributed by atoms with E-state index in [0.717, 1.165) is 23.1 Å². The molecule has 0 amide bonds. The zero-order valence-corrected chi connectivity index (χ0v) is 12.1. The number of ether oxygens (including phenoxy) is 1. The Kier molecular flexibility index (Phi) is 5.64. The van der Waals surface area contributed by atoms with Crippen LogP contribution in [0.5, 0.6) is 0 Å². The van der Waals surface area contributed by atoms with Crippen LogP contribution in [0.3, 0.4) is 0 Å². The first kappa shape index (κ1) is 14.8. The molecule has 106 valence electrons. The van der Waals surface area contributed by atoms with Crippen LogP contribution in [0, 0.1) is 5.92 Å². The second-order valence-electron chi connectivity index (χ2n) is 5.32. The first-order valence-electron chi connectivity index (χ1n) is 6.90. The van der Waals surface area contributed by atoms with Crippen LogP contribution in [-0.4, -0.2) is 31.0 Å². The van der Waals surface area contributed by atoms with Crippen LogP contribution in [0.2, 0.25) is 5.02 Å². The predicted octanol–water partition coefficient (Wildman–Crippen LogP) is 2.78. The Balaban J connectivity index is 1.65. The third-order valence-corrected chi connectivity index (χ3v) is 3.60. The van der Waals surface area contributed by atoms with Gasteiger partial charge < -0.3 is 15.2 Å². The summed E-state index contributed by atoms with van der Waals surface area (Å²) >= 11 is 5.96. The first-order valence-corrected chi connectivity index (χ1v) is 7.27. The van der Waals surface area contributed by atoms with Gasteiger partial charge in [-0.2, -0.15) is 0 Å². The lowest BCUT2D eigenvalue weighted by atomic mass is 10.1. The van der Waals surface area contributed by atoms with Gasteiger partial charge in [0, 0.05) is 24.2 Å². The SMILES string of the molecule is CC(NCC(O)COCC1CC1)c1cccc(Cl)c1. The Labute approximate surface area is 119 Å². The van der Waals surface area contributed by atoms with Gasteiger partial charge in [-0.15, -0.1) is 0 Å². The third-order valence-electron chi connectivity index (χ3n) is 3.37. The van der Waals surface area contributed by atoms with Gasteiger partial charge in [0.25, 0.3) is 0 Å². The van der Waals surface area contributed by atoms with E-state index in [4.69, 9.17) is 16.3 Å². The average molecular weight is 284 g/mol. The molecule has 0 spiro atoms. The molecular formula is C15H22ClNO2. The Bertz CT molecular complexity index is 395. The summed E-state index contributed by atoms with van der Waals surface area (Å²) in [6.45, 7) is 3.79. The summed E-state index contributed by atoms with van der Waals surface area (Å²) in [4.78, 5) is 0. The summed E-state index contributed by atoms with van der Waals surface area (Å²) in [6.07, 6.45) is 2.10. The normalized spacial score (nSPS) is 18.3. The van der Waals surface area contributed by atoms with Gasteiger partial charge in [-0.25, -0.2) is 0 Å². The van der Waals surface area contributed by atoms with Gasteiger partial charge in [-0.1, -0.05) is 23.7 Å². The van der Waals surface area contributed by atoms with E-state index in [2.05, 4.69) is 12.2 Å². The maximum absolute atomic E-state index is 9.82. The molecule has 1 aliphatic carbocycles. The summed E-state index contributed by atoms with van der Waals surface area (Å²) in [5.41, 5.74) is 1.12. The van der Waals surface area contributed by atoms with E-state index in [0.29, 0.717) is 13.2 Å². The molecule has 0 aromatic heterocycles. The molecule has 1 fully saturated rings. The number of aliphatic hydroxyl groups is 1. The van der Waals surface area contributed by atoms with E-state index in [1.54, 1.807) is 0 Å². The van der Waals surface area contributed by atoms with E-state index in [9.17, 15) is 5.11 Å². The minimum absolute atomic E-state index is 0.164. The van der Waals surface area contributed by atoms with Crippen LogP contribution in [0.25, 0.3) is 0 Å². The molecule has 1 aromatic rings. The van der Waals surface area contributed by atoms with E-state index < -0.39 is 6.10 Å². The lowest BCUT2D eigenvalue weighted by Crippen LogP contribution is -2.32. The quantitative estimate of drug-likeness (QED) is 0.771. The van der Waals surface area contributed by atoms with Gasteiger partial charge in [0.1, 0.15) is 0 Å². The molecule has 2 N–H and O–H groups in total. The van der Waals surface area contributed by atoms with Crippen molar-refractivity contribution in [3.05, 3.63) is 34.9 Å². The first-order chi connectivity index (χ1) is 9.15. The summed E-state index contributed by atoms with van der Waals surface area (Å²) in [5, 5.41) is 13.8. The third kappa shape index (κ3) is 5.49. The highest BCUT2D eigenvalue weighted by Crippen LogP contribution is 2.28. The van der Waals surface area contributed by atoms with E-state index >= 15 is 0 Å². The van der Waals surface area contributed by atoms with Crippen molar-refractivity contribution in [1.29, 1.82) is 0 Å². The molecule has 1 aromatic carbocycles. The number of halogens is 1. The maximum atomic E-state index is 9.82. The van der Waals surface area contributed by atoms with Crippen LogP contribution < -0.4 is 5.32 Å². The van der Waals surface area contributed by atoms with Crippen LogP contribution in [-0.2, 0) is 4.74 Å². The van der Waals surface area contributed by atoms with Crippen molar-refractivity contribution in [1.82, 2.24) is 5.32 Å². The maximum Gasteiger partial charge on any atom is 0.0897 e. The highest BCUT2D eigenvalue weighted by atomic mass is 35.5. The number of nitrogens with one attached hydrogen (secondary N) is 1. The lowest BCUT2D eigenvalue weighted by Gasteiger charge is -2.17. The Hall–Kier alpha value is -0.610. The topological polar surface area (TPSA) is 41.5 Å². The van der Waals surface area contributed by atoms with Crippen molar-refractivity contribution in [3.8, 4) is 0 Å². The van der Waals surface area contributed by atoms with Crippen LogP contribution in [0.15, 0.2) is 24.3 Å². The fourth-order valence-corrected chi connectivity index (χ4v) is 2.12. The van der Waals surface area contributed by atoms with Crippen LogP contribution >= 0.6 is 11.6 Å². The van der Waals surface area contributed by atoms with Crippen molar-refractivity contribution in [2.75, 3.05) is 19.8 Å². The van der Waals surface area contributed by atoms with Gasteiger partial charge in [0.05, 0.1) is 12.7 Å². The Morgan fingerprint density at radius 3 is 2.95 bits per heavy atom. The highest BCUT2D eigenvalue weighted by Gasteiger charge is 2.21. The van der Waals surface area contributed by atoms with Crippen molar-refractivity contribution >= 4 is 11.6 Å². The van der Waals surface area contributed by atoms with Crippen molar-refractivity contribution in [2.45, 2.75) is 31.9 Å². The molecule has 0 heterocycles. The Morgan fingerprint density at radius 1 is 1.47 bits per heavy atom. The number of hydrogen-bond donors (Lipinski definition) is 2. The van der Waals surface area contributed by atoms with Crippen LogP contribution in [0.1, 0.15) is 31.4 Å². The zero-order valence-electron chi connectivity index (χ0n) is 11.3. The van der Waals surface area contributed by atoms with Crippen molar-refractivity contribution < 1.29 is 9.84 Å². The van der Waals surface area contributed by atoms with Gasteiger partial charge in [-0.05, 0) is 43.4 Å². The number of aliphatic hydroxyl groups excluding tert-OH is 1. The standard InChI is InChI=1S/C15H22ClNO2/c1-11(13-3-2-4-14(16)7-13)17-8-15(18)10-19-9-12-5-6-12/h2-4,7,11-12,15,17-18H,5-6,8-10H2,1H3. The fraction of sp³-hybridized carbons (Fsp3) is 0.600. The van der Waals surface area contributed by atoms with E-state index in [1.165, 1.54) is 12.8 Å². The molecule has 19 heavy (non-hydrogen) atoms. The molecular weight excluding hydrogens is 262 g/mol. The molecule has 4 heteroatoms. The van der Waals surface area contributed by atoms with E-state index in [1.807, 2.05) is 24.3 Å². The summed E-state index contributed by atoms with van der Waals surface area (Å²) < 4.78 is 5.47. The van der Waals surface area contributed by atoms with Gasteiger partial charge in [0.15, 0.2) is 0 Å². The zero-order chi connectivity index (χ0) is 13.7. The minimum atomic E-state index is -0.458. The number of rotatable bonds is 8. The van der Waals surface area contributed by atoms with Gasteiger partial charge in [-0.3, -0.25) is 0 Å². The number of benzene rings is 1. The molecule has 2 rings (SSSR count). The van der Waals surface area contributed by atoms with Crippen LogP contribution in [0.4, 0.5) is 0 Å². The van der Waals surface area contributed by atoms with Crippen molar-refractivity contribution in [2.24, 2.45) is 5.92 Å². The molecule has 0 saturated heterocycles. The highest BCUT2D eigenvalue weighted by molar-refractivity contribution is 6.30. The summed E-state index contributed by atoms with van der Waals surface area (Å²) in [6, 6.07) is 7.93. The average Bonchev–Trinajstić information content (AvgIpc) is 3.20.